The van der Waals surface area contributed by atoms with Gasteiger partial charge in [0.25, 0.3) is 0 Å². The van der Waals surface area contributed by atoms with Crippen molar-refractivity contribution >= 4 is 6.09 Å². The first-order valence-electron chi connectivity index (χ1n) is 9.15. The van der Waals surface area contributed by atoms with Crippen LogP contribution in [0.1, 0.15) is 46.1 Å². The van der Waals surface area contributed by atoms with E-state index in [0.29, 0.717) is 32.8 Å². The van der Waals surface area contributed by atoms with Crippen LogP contribution in [0.15, 0.2) is 30.3 Å². The molecule has 1 fully saturated rings. The van der Waals surface area contributed by atoms with E-state index in [0.717, 1.165) is 12.0 Å². The number of benzene rings is 1. The van der Waals surface area contributed by atoms with Gasteiger partial charge in [0.2, 0.25) is 0 Å². The monoisotopic (exact) mass is 365 g/mol. The number of carbonyl (C=O) groups excluding carboxylic acids is 1. The van der Waals surface area contributed by atoms with Gasteiger partial charge in [0.05, 0.1) is 32.5 Å². The first-order valence-corrected chi connectivity index (χ1v) is 9.15. The van der Waals surface area contributed by atoms with Gasteiger partial charge < -0.3 is 24.3 Å². The third kappa shape index (κ3) is 7.72. The van der Waals surface area contributed by atoms with Crippen molar-refractivity contribution in [2.24, 2.45) is 0 Å². The highest BCUT2D eigenvalue weighted by Gasteiger charge is 2.33. The Kier molecular flexibility index (Phi) is 7.43. The number of hydrogen-bond donors (Lipinski definition) is 1. The molecule has 0 saturated carbocycles. The lowest BCUT2D eigenvalue weighted by molar-refractivity contribution is -0.262. The van der Waals surface area contributed by atoms with Gasteiger partial charge in [-0.25, -0.2) is 4.79 Å². The number of amides is 1. The van der Waals surface area contributed by atoms with E-state index in [4.69, 9.17) is 18.9 Å². The van der Waals surface area contributed by atoms with Crippen LogP contribution in [0.4, 0.5) is 4.79 Å². The van der Waals surface area contributed by atoms with Gasteiger partial charge in [0.15, 0.2) is 5.79 Å². The van der Waals surface area contributed by atoms with E-state index in [1.165, 1.54) is 0 Å². The van der Waals surface area contributed by atoms with Crippen LogP contribution in [0.2, 0.25) is 0 Å². The van der Waals surface area contributed by atoms with Gasteiger partial charge in [-0.3, -0.25) is 0 Å². The molecule has 6 heteroatoms. The number of alkyl carbamates (subject to hydrolysis) is 1. The molecule has 26 heavy (non-hydrogen) atoms. The molecule has 0 aliphatic carbocycles. The second kappa shape index (κ2) is 9.35. The van der Waals surface area contributed by atoms with Crippen LogP contribution in [0, 0.1) is 0 Å². The van der Waals surface area contributed by atoms with Crippen molar-refractivity contribution in [3.63, 3.8) is 0 Å². The Morgan fingerprint density at radius 2 is 1.88 bits per heavy atom. The van der Waals surface area contributed by atoms with Crippen molar-refractivity contribution in [3.8, 4) is 0 Å². The van der Waals surface area contributed by atoms with Crippen molar-refractivity contribution in [2.45, 2.75) is 64.6 Å². The minimum absolute atomic E-state index is 0.281. The van der Waals surface area contributed by atoms with E-state index in [1.54, 1.807) is 0 Å². The molecule has 146 valence electrons. The van der Waals surface area contributed by atoms with E-state index in [2.05, 4.69) is 5.32 Å². The van der Waals surface area contributed by atoms with Gasteiger partial charge in [0, 0.05) is 6.42 Å². The molecule has 1 aromatic rings. The molecular formula is C20H31NO5. The second-order valence-corrected chi connectivity index (χ2v) is 7.73. The predicted octanol–water partition coefficient (Wildman–Crippen LogP) is 3.64. The highest BCUT2D eigenvalue weighted by Crippen LogP contribution is 2.24. The number of ether oxygens (including phenoxy) is 4. The zero-order valence-corrected chi connectivity index (χ0v) is 16.2. The highest BCUT2D eigenvalue weighted by molar-refractivity contribution is 5.68. The standard InChI is InChI=1S/C20H31NO5/c1-19(2,3)26-18(22)21-17(13-20(4)24-11-8-12-25-20)15-23-14-16-9-6-5-7-10-16/h5-7,9-10,17H,8,11-15H2,1-4H3,(H,21,22)/t17-/m0/s1. The average Bonchev–Trinajstić information content (AvgIpc) is 2.54. The van der Waals surface area contributed by atoms with Gasteiger partial charge in [-0.05, 0) is 39.7 Å². The molecule has 1 atom stereocenters. The Hall–Kier alpha value is -1.63. The summed E-state index contributed by atoms with van der Waals surface area (Å²) >= 11 is 0. The Labute approximate surface area is 156 Å². The summed E-state index contributed by atoms with van der Waals surface area (Å²) in [6.07, 6.45) is 0.899. The summed E-state index contributed by atoms with van der Waals surface area (Å²) in [5.74, 6) is -0.728. The van der Waals surface area contributed by atoms with E-state index in [-0.39, 0.29) is 6.04 Å². The summed E-state index contributed by atoms with van der Waals surface area (Å²) in [4.78, 5) is 12.2. The maximum absolute atomic E-state index is 12.2. The zero-order valence-electron chi connectivity index (χ0n) is 16.2. The van der Waals surface area contributed by atoms with Crippen LogP contribution < -0.4 is 5.32 Å². The van der Waals surface area contributed by atoms with Crippen LogP contribution in [0.3, 0.4) is 0 Å². The molecule has 1 aliphatic rings. The molecule has 2 rings (SSSR count). The predicted molar refractivity (Wildman–Crippen MR) is 98.8 cm³/mol. The van der Waals surface area contributed by atoms with Crippen molar-refractivity contribution < 1.29 is 23.7 Å². The van der Waals surface area contributed by atoms with Crippen molar-refractivity contribution in [3.05, 3.63) is 35.9 Å². The first kappa shape index (κ1) is 20.7. The summed E-state index contributed by atoms with van der Waals surface area (Å²) in [6.45, 7) is 9.53. The van der Waals surface area contributed by atoms with Gasteiger partial charge >= 0.3 is 6.09 Å². The fraction of sp³-hybridized carbons (Fsp3) is 0.650. The van der Waals surface area contributed by atoms with Crippen molar-refractivity contribution in [1.82, 2.24) is 5.32 Å². The van der Waals surface area contributed by atoms with E-state index < -0.39 is 17.5 Å². The second-order valence-electron chi connectivity index (χ2n) is 7.73. The number of rotatable bonds is 7. The molecular weight excluding hydrogens is 334 g/mol. The van der Waals surface area contributed by atoms with Gasteiger partial charge in [-0.15, -0.1) is 0 Å². The van der Waals surface area contributed by atoms with Gasteiger partial charge in [-0.1, -0.05) is 30.3 Å². The third-order valence-corrected chi connectivity index (χ3v) is 3.87. The number of nitrogens with one attached hydrogen (secondary N) is 1. The topological polar surface area (TPSA) is 66.0 Å². The summed E-state index contributed by atoms with van der Waals surface area (Å²) in [6, 6.07) is 9.64. The molecule has 1 saturated heterocycles. The minimum Gasteiger partial charge on any atom is -0.444 e. The molecule has 6 nitrogen and oxygen atoms in total. The third-order valence-electron chi connectivity index (χ3n) is 3.87. The molecule has 0 radical (unpaired) electrons. The lowest BCUT2D eigenvalue weighted by Gasteiger charge is -2.36. The quantitative estimate of drug-likeness (QED) is 0.799. The zero-order chi connectivity index (χ0) is 19.0. The molecule has 0 bridgehead atoms. The van der Waals surface area contributed by atoms with Crippen molar-refractivity contribution in [1.29, 1.82) is 0 Å². The fourth-order valence-electron chi connectivity index (χ4n) is 2.76. The Morgan fingerprint density at radius 3 is 2.50 bits per heavy atom. The van der Waals surface area contributed by atoms with E-state index in [1.807, 2.05) is 58.0 Å². The summed E-state index contributed by atoms with van der Waals surface area (Å²) in [5.41, 5.74) is 0.529. The SMILES string of the molecule is CC(C)(C)OC(=O)N[C@H](COCc1ccccc1)CC1(C)OCCCO1. The maximum atomic E-state index is 12.2. The number of hydrogen-bond acceptors (Lipinski definition) is 5. The smallest absolute Gasteiger partial charge is 0.407 e. The van der Waals surface area contributed by atoms with Crippen LogP contribution in [-0.2, 0) is 25.6 Å². The molecule has 1 amide bonds. The van der Waals surface area contributed by atoms with Crippen LogP contribution >= 0.6 is 0 Å². The lowest BCUT2D eigenvalue weighted by Crippen LogP contribution is -2.48. The Morgan fingerprint density at radius 1 is 1.23 bits per heavy atom. The van der Waals surface area contributed by atoms with Crippen LogP contribution in [-0.4, -0.2) is 43.3 Å². The highest BCUT2D eigenvalue weighted by atomic mass is 16.7. The van der Waals surface area contributed by atoms with E-state index >= 15 is 0 Å². The van der Waals surface area contributed by atoms with E-state index in [9.17, 15) is 4.79 Å². The largest absolute Gasteiger partial charge is 0.444 e. The minimum atomic E-state index is -0.728. The molecule has 0 aromatic heterocycles. The van der Waals surface area contributed by atoms with Gasteiger partial charge in [0.1, 0.15) is 5.60 Å². The molecule has 1 aromatic carbocycles. The van der Waals surface area contributed by atoms with Crippen molar-refractivity contribution in [2.75, 3.05) is 19.8 Å². The fourth-order valence-corrected chi connectivity index (χ4v) is 2.76. The normalized spacial score (nSPS) is 18.2. The Bertz CT molecular complexity index is 549. The number of carbonyl (C=O) groups is 1. The maximum Gasteiger partial charge on any atom is 0.407 e. The summed E-state index contributed by atoms with van der Waals surface area (Å²) < 4.78 is 22.7. The summed E-state index contributed by atoms with van der Waals surface area (Å²) in [5, 5.41) is 2.89. The average molecular weight is 365 g/mol. The molecule has 0 spiro atoms. The van der Waals surface area contributed by atoms with Gasteiger partial charge in [-0.2, -0.15) is 0 Å². The molecule has 1 aliphatic heterocycles. The van der Waals surface area contributed by atoms with Crippen LogP contribution in [0.5, 0.6) is 0 Å². The van der Waals surface area contributed by atoms with Crippen LogP contribution in [0.25, 0.3) is 0 Å². The Balaban J connectivity index is 1.92. The summed E-state index contributed by atoms with van der Waals surface area (Å²) in [7, 11) is 0. The molecule has 0 unspecified atom stereocenters. The molecule has 1 heterocycles. The molecule has 1 N–H and O–H groups in total. The lowest BCUT2D eigenvalue weighted by atomic mass is 10.1. The first-order chi connectivity index (χ1) is 12.3.